The first-order chi connectivity index (χ1) is 14.8. The van der Waals surface area contributed by atoms with Gasteiger partial charge in [0.1, 0.15) is 17.4 Å². The van der Waals surface area contributed by atoms with Gasteiger partial charge >= 0.3 is 5.69 Å². The monoisotopic (exact) mass is 431 g/mol. The molecule has 2 atom stereocenters. The van der Waals surface area contributed by atoms with Crippen LogP contribution in [0.4, 0.5) is 0 Å². The van der Waals surface area contributed by atoms with Crippen LogP contribution in [0.3, 0.4) is 0 Å². The fourth-order valence-electron chi connectivity index (χ4n) is 4.96. The molecule has 0 saturated carbocycles. The molecule has 10 nitrogen and oxygen atoms in total. The van der Waals surface area contributed by atoms with E-state index in [1.807, 2.05) is 18.7 Å². The first-order valence-electron chi connectivity index (χ1n) is 11.2. The second-order valence-corrected chi connectivity index (χ2v) is 8.94. The predicted octanol–water partition coefficient (Wildman–Crippen LogP) is -0.0114. The molecule has 1 N–H and O–H groups in total. The fourth-order valence-corrected chi connectivity index (χ4v) is 4.96. The van der Waals surface area contributed by atoms with Crippen LogP contribution < -0.4 is 11.2 Å². The maximum atomic E-state index is 13.2. The number of H-pyrrole nitrogens is 1. The molecule has 1 amide bonds. The van der Waals surface area contributed by atoms with E-state index < -0.39 is 5.56 Å². The van der Waals surface area contributed by atoms with Crippen LogP contribution in [0.1, 0.15) is 39.6 Å². The number of fused-ring (bicyclic) bond motifs is 4. The summed E-state index contributed by atoms with van der Waals surface area (Å²) in [6.45, 7) is 13.3. The third-order valence-electron chi connectivity index (χ3n) is 6.60. The third-order valence-corrected chi connectivity index (χ3v) is 6.60. The molecule has 3 fully saturated rings. The summed E-state index contributed by atoms with van der Waals surface area (Å²) in [5.74, 6) is 0.903. The van der Waals surface area contributed by atoms with Gasteiger partial charge in [0.25, 0.3) is 5.56 Å². The van der Waals surface area contributed by atoms with Gasteiger partial charge in [-0.05, 0) is 19.0 Å². The average molecular weight is 432 g/mol. The Labute approximate surface area is 181 Å². The molecule has 5 heterocycles. The van der Waals surface area contributed by atoms with E-state index in [1.165, 1.54) is 7.05 Å². The lowest BCUT2D eigenvalue weighted by molar-refractivity contribution is -0.153. The molecule has 0 spiro atoms. The van der Waals surface area contributed by atoms with Crippen molar-refractivity contribution < 1.29 is 4.79 Å². The lowest BCUT2D eigenvalue weighted by atomic mass is 9.97. The lowest BCUT2D eigenvalue weighted by Crippen LogP contribution is -2.67. The average Bonchev–Trinajstić information content (AvgIpc) is 3.20. The van der Waals surface area contributed by atoms with Crippen molar-refractivity contribution in [2.75, 3.05) is 39.3 Å². The van der Waals surface area contributed by atoms with Gasteiger partial charge in [0.05, 0.1) is 6.04 Å². The highest BCUT2D eigenvalue weighted by atomic mass is 16.2. The van der Waals surface area contributed by atoms with Gasteiger partial charge < -0.3 is 9.88 Å². The summed E-state index contributed by atoms with van der Waals surface area (Å²) in [6, 6.07) is -0.664. The number of nitrogens with zero attached hydrogens (tertiary/aromatic N) is 6. The first kappa shape index (κ1) is 21.8. The molecule has 31 heavy (non-hydrogen) atoms. The standard InChI is InChI=1S/C21H33N7O3/c1-6-25(7-2)15(16-20(30)27-10-8-26(16)9-11-27)17-22-14-18(23-17)28(12-13(3)4)21(31)24(5)19(14)29/h13,15-16H,6-12H2,1-5H3,(H,22,23). The van der Waals surface area contributed by atoms with Crippen molar-refractivity contribution in [2.45, 2.75) is 46.3 Å². The highest BCUT2D eigenvalue weighted by molar-refractivity contribution is 5.84. The molecule has 170 valence electrons. The SMILES string of the molecule is CCN(CC)C(c1nc2c([nH]1)c(=O)n(C)c(=O)n2CC(C)C)C1C(=O)N2CCN1CC2. The first-order valence-corrected chi connectivity index (χ1v) is 11.2. The molecule has 0 aliphatic carbocycles. The zero-order chi connectivity index (χ0) is 22.4. The molecule has 3 saturated heterocycles. The van der Waals surface area contributed by atoms with Crippen molar-refractivity contribution in [3.8, 4) is 0 Å². The molecule has 2 unspecified atom stereocenters. The number of piperazine rings is 3. The highest BCUT2D eigenvalue weighted by Crippen LogP contribution is 2.32. The van der Waals surface area contributed by atoms with Gasteiger partial charge in [-0.15, -0.1) is 0 Å². The third kappa shape index (κ3) is 3.51. The Kier molecular flexibility index (Phi) is 5.78. The molecular formula is C21H33N7O3. The number of imidazole rings is 1. The Morgan fingerprint density at radius 3 is 2.29 bits per heavy atom. The van der Waals surface area contributed by atoms with Crippen LogP contribution in [-0.2, 0) is 18.4 Å². The van der Waals surface area contributed by atoms with E-state index in [-0.39, 0.29) is 29.6 Å². The molecule has 5 rings (SSSR count). The van der Waals surface area contributed by atoms with Crippen LogP contribution in [0.2, 0.25) is 0 Å². The number of hydrogen-bond acceptors (Lipinski definition) is 6. The van der Waals surface area contributed by atoms with E-state index in [0.717, 1.165) is 43.8 Å². The number of amides is 1. The molecule has 2 bridgehead atoms. The Morgan fingerprint density at radius 2 is 1.74 bits per heavy atom. The Hall–Kier alpha value is -2.46. The minimum Gasteiger partial charge on any atom is -0.339 e. The van der Waals surface area contributed by atoms with Gasteiger partial charge in [-0.2, -0.15) is 0 Å². The molecule has 0 radical (unpaired) electrons. The minimum atomic E-state index is -0.391. The van der Waals surface area contributed by atoms with E-state index in [2.05, 4.69) is 28.6 Å². The summed E-state index contributed by atoms with van der Waals surface area (Å²) in [5.41, 5.74) is -0.0692. The molecular weight excluding hydrogens is 398 g/mol. The summed E-state index contributed by atoms with van der Waals surface area (Å²) in [5, 5.41) is 0. The van der Waals surface area contributed by atoms with Crippen LogP contribution in [0, 0.1) is 5.92 Å². The quantitative estimate of drug-likeness (QED) is 0.662. The summed E-state index contributed by atoms with van der Waals surface area (Å²) < 4.78 is 2.70. The Morgan fingerprint density at radius 1 is 1.10 bits per heavy atom. The van der Waals surface area contributed by atoms with Crippen LogP contribution in [-0.4, -0.2) is 85.0 Å². The fraction of sp³-hybridized carbons (Fsp3) is 0.714. The van der Waals surface area contributed by atoms with Gasteiger partial charge in [0.15, 0.2) is 5.65 Å². The molecule has 0 aromatic carbocycles. The number of likely N-dealkylation sites (N-methyl/N-ethyl adjacent to an activating group) is 1. The van der Waals surface area contributed by atoms with Gasteiger partial charge in [-0.3, -0.25) is 28.5 Å². The van der Waals surface area contributed by atoms with Crippen molar-refractivity contribution in [3.05, 3.63) is 26.7 Å². The van der Waals surface area contributed by atoms with E-state index in [9.17, 15) is 14.4 Å². The second kappa shape index (κ2) is 8.23. The normalized spacial score (nSPS) is 22.3. The lowest BCUT2D eigenvalue weighted by Gasteiger charge is -2.50. The van der Waals surface area contributed by atoms with E-state index in [0.29, 0.717) is 23.5 Å². The summed E-state index contributed by atoms with van der Waals surface area (Å²) in [7, 11) is 1.49. The second-order valence-electron chi connectivity index (χ2n) is 8.94. The summed E-state index contributed by atoms with van der Waals surface area (Å²) in [4.78, 5) is 53.3. The van der Waals surface area contributed by atoms with Crippen molar-refractivity contribution in [1.29, 1.82) is 0 Å². The predicted molar refractivity (Wildman–Crippen MR) is 118 cm³/mol. The number of aromatic nitrogens is 4. The number of carbonyl (C=O) groups excluding carboxylic acids is 1. The topological polar surface area (TPSA) is 99.5 Å². The van der Waals surface area contributed by atoms with Crippen molar-refractivity contribution in [2.24, 2.45) is 13.0 Å². The van der Waals surface area contributed by atoms with Gasteiger partial charge in [0, 0.05) is 39.8 Å². The van der Waals surface area contributed by atoms with Gasteiger partial charge in [-0.1, -0.05) is 27.7 Å². The number of rotatable bonds is 7. The number of nitrogens with one attached hydrogen (secondary N) is 1. The van der Waals surface area contributed by atoms with Crippen LogP contribution in [0.5, 0.6) is 0 Å². The largest absolute Gasteiger partial charge is 0.339 e. The maximum Gasteiger partial charge on any atom is 0.332 e. The number of hydrogen-bond donors (Lipinski definition) is 1. The van der Waals surface area contributed by atoms with E-state index in [1.54, 1.807) is 4.57 Å². The van der Waals surface area contributed by atoms with Crippen LogP contribution >= 0.6 is 0 Å². The van der Waals surface area contributed by atoms with E-state index in [4.69, 9.17) is 4.98 Å². The molecule has 3 aliphatic rings. The zero-order valence-electron chi connectivity index (χ0n) is 19.1. The zero-order valence-corrected chi connectivity index (χ0v) is 19.1. The Balaban J connectivity index is 1.91. The maximum absolute atomic E-state index is 13.2. The van der Waals surface area contributed by atoms with Crippen molar-refractivity contribution >= 4 is 17.1 Å². The van der Waals surface area contributed by atoms with Crippen molar-refractivity contribution in [1.82, 2.24) is 33.8 Å². The van der Waals surface area contributed by atoms with Crippen molar-refractivity contribution in [3.63, 3.8) is 0 Å². The number of carbonyl (C=O) groups is 1. The van der Waals surface area contributed by atoms with E-state index >= 15 is 0 Å². The Bertz CT molecular complexity index is 1090. The van der Waals surface area contributed by atoms with Gasteiger partial charge in [-0.25, -0.2) is 9.78 Å². The smallest absolute Gasteiger partial charge is 0.332 e. The highest BCUT2D eigenvalue weighted by Gasteiger charge is 2.46. The van der Waals surface area contributed by atoms with Crippen LogP contribution in [0.25, 0.3) is 11.2 Å². The molecule has 2 aromatic heterocycles. The van der Waals surface area contributed by atoms with Crippen LogP contribution in [0.15, 0.2) is 9.59 Å². The number of aromatic amines is 1. The molecule has 10 heteroatoms. The van der Waals surface area contributed by atoms with Gasteiger partial charge in [0.2, 0.25) is 5.91 Å². The molecule has 3 aliphatic heterocycles. The summed E-state index contributed by atoms with van der Waals surface area (Å²) in [6.07, 6.45) is 0. The minimum absolute atomic E-state index is 0.113. The molecule has 2 aromatic rings. The summed E-state index contributed by atoms with van der Waals surface area (Å²) >= 11 is 0.